The van der Waals surface area contributed by atoms with Crippen LogP contribution in [0.3, 0.4) is 0 Å². The maximum atomic E-state index is 11.0. The van der Waals surface area contributed by atoms with E-state index in [1.807, 2.05) is 57.3 Å². The average Bonchev–Trinajstić information content (AvgIpc) is 2.88. The first-order valence-corrected chi connectivity index (χ1v) is 8.05. The van der Waals surface area contributed by atoms with E-state index >= 15 is 0 Å². The zero-order valence-corrected chi connectivity index (χ0v) is 13.8. The summed E-state index contributed by atoms with van der Waals surface area (Å²) in [4.78, 5) is 0.953. The molecule has 1 heterocycles. The van der Waals surface area contributed by atoms with E-state index in [0.29, 0.717) is 24.7 Å². The highest BCUT2D eigenvalue weighted by atomic mass is 32.1. The molecule has 4 heteroatoms. The molecule has 114 valence electrons. The second-order valence-electron chi connectivity index (χ2n) is 5.03. The number of aliphatic hydroxyl groups is 1. The van der Waals surface area contributed by atoms with E-state index in [1.165, 1.54) is 0 Å². The molecule has 1 atom stereocenters. The number of benzene rings is 1. The summed E-state index contributed by atoms with van der Waals surface area (Å²) in [6.07, 6.45) is 0. The van der Waals surface area contributed by atoms with Crippen LogP contribution >= 0.6 is 11.3 Å². The van der Waals surface area contributed by atoms with Crippen molar-refractivity contribution in [2.45, 2.75) is 33.3 Å². The third-order valence-electron chi connectivity index (χ3n) is 3.41. The van der Waals surface area contributed by atoms with Crippen molar-refractivity contribution in [1.29, 1.82) is 0 Å². The summed E-state index contributed by atoms with van der Waals surface area (Å²) in [5.74, 6) is 1.38. The van der Waals surface area contributed by atoms with Crippen LogP contribution in [-0.4, -0.2) is 18.3 Å². The molecule has 1 unspecified atom stereocenters. The third kappa shape index (κ3) is 3.22. The molecule has 0 radical (unpaired) electrons. The molecule has 0 spiro atoms. The van der Waals surface area contributed by atoms with Gasteiger partial charge < -0.3 is 14.6 Å². The van der Waals surface area contributed by atoms with Crippen LogP contribution in [0.5, 0.6) is 11.5 Å². The van der Waals surface area contributed by atoms with E-state index < -0.39 is 5.60 Å². The van der Waals surface area contributed by atoms with Gasteiger partial charge in [0.15, 0.2) is 11.5 Å². The third-order valence-corrected chi connectivity index (χ3v) is 4.64. The Morgan fingerprint density at radius 2 is 1.76 bits per heavy atom. The van der Waals surface area contributed by atoms with Crippen LogP contribution < -0.4 is 9.47 Å². The van der Waals surface area contributed by atoms with Crippen molar-refractivity contribution >= 4 is 11.3 Å². The number of hydrogen-bond donors (Lipinski definition) is 1. The Morgan fingerprint density at radius 3 is 2.33 bits per heavy atom. The number of hydrogen-bond acceptors (Lipinski definition) is 4. The van der Waals surface area contributed by atoms with E-state index in [9.17, 15) is 5.11 Å². The Morgan fingerprint density at radius 1 is 1.10 bits per heavy atom. The SMILES string of the molecule is CCOc1ccc(C(C)(O)c2sccc2C)cc1OCC. The highest BCUT2D eigenvalue weighted by Crippen LogP contribution is 2.38. The fourth-order valence-corrected chi connectivity index (χ4v) is 3.37. The first-order valence-electron chi connectivity index (χ1n) is 7.17. The molecule has 1 aromatic carbocycles. The van der Waals surface area contributed by atoms with Crippen LogP contribution in [0.2, 0.25) is 0 Å². The molecule has 0 bridgehead atoms. The molecular formula is C17H22O3S. The predicted octanol–water partition coefficient (Wildman–Crippen LogP) is 4.11. The summed E-state index contributed by atoms with van der Waals surface area (Å²) in [6.45, 7) is 8.85. The molecule has 1 N–H and O–H groups in total. The minimum absolute atomic E-state index is 0.559. The minimum atomic E-state index is -1.03. The smallest absolute Gasteiger partial charge is 0.161 e. The van der Waals surface area contributed by atoms with Gasteiger partial charge >= 0.3 is 0 Å². The van der Waals surface area contributed by atoms with Crippen LogP contribution in [0.25, 0.3) is 0 Å². The van der Waals surface area contributed by atoms with Gasteiger partial charge in [-0.05, 0) is 62.4 Å². The lowest BCUT2D eigenvalue weighted by Gasteiger charge is -2.25. The fourth-order valence-electron chi connectivity index (χ4n) is 2.36. The molecule has 0 saturated carbocycles. The number of ether oxygens (including phenoxy) is 2. The average molecular weight is 306 g/mol. The molecule has 2 rings (SSSR count). The summed E-state index contributed by atoms with van der Waals surface area (Å²) in [6, 6.07) is 7.65. The molecule has 0 amide bonds. The van der Waals surface area contributed by atoms with Gasteiger partial charge in [0.1, 0.15) is 5.60 Å². The summed E-state index contributed by atoms with van der Waals surface area (Å²) in [5, 5.41) is 13.0. The zero-order valence-electron chi connectivity index (χ0n) is 13.0. The number of rotatable bonds is 6. The number of thiophene rings is 1. The Kier molecular flexibility index (Phi) is 4.91. The molecule has 0 fully saturated rings. The van der Waals surface area contributed by atoms with E-state index in [4.69, 9.17) is 9.47 Å². The van der Waals surface area contributed by atoms with Gasteiger partial charge in [-0.1, -0.05) is 6.07 Å². The second-order valence-corrected chi connectivity index (χ2v) is 5.95. The van der Waals surface area contributed by atoms with E-state index in [0.717, 1.165) is 16.0 Å². The maximum Gasteiger partial charge on any atom is 0.161 e. The molecule has 0 aliphatic carbocycles. The van der Waals surface area contributed by atoms with Gasteiger partial charge in [0.2, 0.25) is 0 Å². The zero-order chi connectivity index (χ0) is 15.5. The highest BCUT2D eigenvalue weighted by molar-refractivity contribution is 7.10. The normalized spacial score (nSPS) is 13.8. The summed E-state index contributed by atoms with van der Waals surface area (Å²) in [7, 11) is 0. The van der Waals surface area contributed by atoms with Crippen LogP contribution in [0, 0.1) is 6.92 Å². The Labute approximate surface area is 130 Å². The van der Waals surface area contributed by atoms with Crippen molar-refractivity contribution in [3.63, 3.8) is 0 Å². The van der Waals surface area contributed by atoms with Gasteiger partial charge in [-0.2, -0.15) is 0 Å². The van der Waals surface area contributed by atoms with Crippen molar-refractivity contribution in [2.75, 3.05) is 13.2 Å². The van der Waals surface area contributed by atoms with Crippen molar-refractivity contribution in [3.05, 3.63) is 45.6 Å². The van der Waals surface area contributed by atoms with Crippen LogP contribution in [0.15, 0.2) is 29.6 Å². The molecule has 0 saturated heterocycles. The Hall–Kier alpha value is -1.52. The second kappa shape index (κ2) is 6.50. The van der Waals surface area contributed by atoms with E-state index in [-0.39, 0.29) is 0 Å². The maximum absolute atomic E-state index is 11.0. The van der Waals surface area contributed by atoms with E-state index in [2.05, 4.69) is 0 Å². The standard InChI is InChI=1S/C17H22O3S/c1-5-19-14-8-7-13(11-15(14)20-6-2)17(4,18)16-12(3)9-10-21-16/h7-11,18H,5-6H2,1-4H3. The lowest BCUT2D eigenvalue weighted by Crippen LogP contribution is -2.22. The van der Waals surface area contributed by atoms with Crippen molar-refractivity contribution < 1.29 is 14.6 Å². The first kappa shape index (κ1) is 15.9. The Balaban J connectivity index is 2.44. The first-order chi connectivity index (χ1) is 10.0. The van der Waals surface area contributed by atoms with Gasteiger partial charge in [-0.3, -0.25) is 0 Å². The minimum Gasteiger partial charge on any atom is -0.490 e. The fraction of sp³-hybridized carbons (Fsp3) is 0.412. The summed E-state index contributed by atoms with van der Waals surface area (Å²) in [5.41, 5.74) is 0.867. The lowest BCUT2D eigenvalue weighted by molar-refractivity contribution is 0.105. The van der Waals surface area contributed by atoms with Gasteiger partial charge in [-0.25, -0.2) is 0 Å². The quantitative estimate of drug-likeness (QED) is 0.873. The van der Waals surface area contributed by atoms with Gasteiger partial charge in [0.05, 0.1) is 13.2 Å². The van der Waals surface area contributed by atoms with Crippen LogP contribution in [0.4, 0.5) is 0 Å². The van der Waals surface area contributed by atoms with Gasteiger partial charge in [0, 0.05) is 4.88 Å². The number of aryl methyl sites for hydroxylation is 1. The summed E-state index contributed by atoms with van der Waals surface area (Å²) >= 11 is 1.56. The largest absolute Gasteiger partial charge is 0.490 e. The molecule has 1 aromatic heterocycles. The molecule has 2 aromatic rings. The molecule has 21 heavy (non-hydrogen) atoms. The summed E-state index contributed by atoms with van der Waals surface area (Å²) < 4.78 is 11.2. The van der Waals surface area contributed by atoms with Crippen molar-refractivity contribution in [2.24, 2.45) is 0 Å². The monoisotopic (exact) mass is 306 g/mol. The van der Waals surface area contributed by atoms with Gasteiger partial charge in [-0.15, -0.1) is 11.3 Å². The Bertz CT molecular complexity index is 602. The topological polar surface area (TPSA) is 38.7 Å². The molecular weight excluding hydrogens is 284 g/mol. The lowest BCUT2D eigenvalue weighted by atomic mass is 9.92. The van der Waals surface area contributed by atoms with Crippen LogP contribution in [0.1, 0.15) is 36.8 Å². The highest BCUT2D eigenvalue weighted by Gasteiger charge is 2.29. The molecule has 0 aliphatic rings. The predicted molar refractivity (Wildman–Crippen MR) is 86.5 cm³/mol. The molecule has 3 nitrogen and oxygen atoms in total. The van der Waals surface area contributed by atoms with Crippen LogP contribution in [-0.2, 0) is 5.60 Å². The van der Waals surface area contributed by atoms with E-state index in [1.54, 1.807) is 11.3 Å². The van der Waals surface area contributed by atoms with Gasteiger partial charge in [0.25, 0.3) is 0 Å². The van der Waals surface area contributed by atoms with Crippen molar-refractivity contribution in [1.82, 2.24) is 0 Å². The molecule has 0 aliphatic heterocycles. The van der Waals surface area contributed by atoms with Crippen molar-refractivity contribution in [3.8, 4) is 11.5 Å².